The number of fused-ring (bicyclic) bond motifs is 1. The first-order valence-corrected chi connectivity index (χ1v) is 9.69. The number of amides is 2. The molecule has 0 spiro atoms. The van der Waals surface area contributed by atoms with Gasteiger partial charge in [0.05, 0.1) is 12.6 Å². The van der Waals surface area contributed by atoms with E-state index in [-0.39, 0.29) is 24.0 Å². The highest BCUT2D eigenvalue weighted by Crippen LogP contribution is 2.42. The summed E-state index contributed by atoms with van der Waals surface area (Å²) in [7, 11) is 0. The van der Waals surface area contributed by atoms with Crippen molar-refractivity contribution in [1.82, 2.24) is 20.4 Å². The van der Waals surface area contributed by atoms with Crippen molar-refractivity contribution in [2.75, 3.05) is 19.8 Å². The van der Waals surface area contributed by atoms with Crippen LogP contribution in [0.5, 0.6) is 11.5 Å². The van der Waals surface area contributed by atoms with Crippen LogP contribution in [0.25, 0.3) is 0 Å². The summed E-state index contributed by atoms with van der Waals surface area (Å²) in [6.45, 7) is 8.01. The van der Waals surface area contributed by atoms with Gasteiger partial charge in [-0.15, -0.1) is 0 Å². The third-order valence-electron chi connectivity index (χ3n) is 4.98. The number of rotatable bonds is 3. The predicted octanol–water partition coefficient (Wildman–Crippen LogP) is 3.19. The lowest BCUT2D eigenvalue weighted by Crippen LogP contribution is -2.39. The minimum Gasteiger partial charge on any atom is -0.486 e. The molecule has 0 aliphatic carbocycles. The molecule has 0 saturated carbocycles. The van der Waals surface area contributed by atoms with Crippen LogP contribution in [0, 0.1) is 0 Å². The summed E-state index contributed by atoms with van der Waals surface area (Å²) in [6.07, 6.45) is 1.84. The van der Waals surface area contributed by atoms with E-state index in [1.807, 2.05) is 43.9 Å². The first-order chi connectivity index (χ1) is 13.4. The van der Waals surface area contributed by atoms with Gasteiger partial charge in [-0.1, -0.05) is 38.1 Å². The van der Waals surface area contributed by atoms with E-state index in [0.717, 1.165) is 29.9 Å². The first kappa shape index (κ1) is 18.6. The van der Waals surface area contributed by atoms with E-state index >= 15 is 0 Å². The van der Waals surface area contributed by atoms with E-state index in [9.17, 15) is 4.79 Å². The number of likely N-dealkylation sites (tertiary alicyclic amines) is 1. The molecule has 1 aromatic carbocycles. The normalized spacial score (nSPS) is 19.0. The van der Waals surface area contributed by atoms with Gasteiger partial charge in [-0.3, -0.25) is 0 Å². The molecule has 150 valence electrons. The lowest BCUT2D eigenvalue weighted by molar-refractivity contribution is 0.163. The monoisotopic (exact) mass is 386 g/mol. The van der Waals surface area contributed by atoms with Crippen molar-refractivity contribution < 1.29 is 18.8 Å². The van der Waals surface area contributed by atoms with Crippen molar-refractivity contribution in [3.63, 3.8) is 0 Å². The van der Waals surface area contributed by atoms with Crippen LogP contribution in [0.3, 0.4) is 0 Å². The van der Waals surface area contributed by atoms with Crippen molar-refractivity contribution >= 4 is 6.03 Å². The van der Waals surface area contributed by atoms with Crippen molar-refractivity contribution in [3.05, 3.63) is 35.5 Å². The van der Waals surface area contributed by atoms with Gasteiger partial charge in [0, 0.05) is 17.5 Å². The van der Waals surface area contributed by atoms with Gasteiger partial charge in [-0.25, -0.2) is 4.79 Å². The fourth-order valence-corrected chi connectivity index (χ4v) is 3.58. The number of ether oxygens (including phenoxy) is 2. The number of hydrogen-bond acceptors (Lipinski definition) is 6. The van der Waals surface area contributed by atoms with E-state index < -0.39 is 0 Å². The topological polar surface area (TPSA) is 89.7 Å². The number of benzene rings is 1. The first-order valence-electron chi connectivity index (χ1n) is 9.69. The number of urea groups is 1. The molecule has 28 heavy (non-hydrogen) atoms. The Morgan fingerprint density at radius 3 is 2.89 bits per heavy atom. The molecule has 1 atom stereocenters. The summed E-state index contributed by atoms with van der Waals surface area (Å²) in [6, 6.07) is 5.69. The molecule has 0 radical (unpaired) electrons. The number of carbonyl (C=O) groups excluding carboxylic acids is 1. The van der Waals surface area contributed by atoms with E-state index in [2.05, 4.69) is 15.5 Å². The number of hydrogen-bond donors (Lipinski definition) is 1. The Kier molecular flexibility index (Phi) is 4.87. The summed E-state index contributed by atoms with van der Waals surface area (Å²) < 4.78 is 16.8. The largest absolute Gasteiger partial charge is 0.486 e. The molecular weight excluding hydrogens is 360 g/mol. The Balaban J connectivity index is 1.45. The lowest BCUT2D eigenvalue weighted by Gasteiger charge is -2.28. The van der Waals surface area contributed by atoms with Gasteiger partial charge in [-0.05, 0) is 18.9 Å². The molecule has 1 aromatic heterocycles. The maximum atomic E-state index is 12.8. The van der Waals surface area contributed by atoms with E-state index in [1.165, 1.54) is 0 Å². The molecule has 1 fully saturated rings. The maximum absolute atomic E-state index is 12.8. The van der Waals surface area contributed by atoms with Crippen LogP contribution < -0.4 is 14.8 Å². The number of aromatic nitrogens is 2. The molecule has 3 heterocycles. The third kappa shape index (κ3) is 3.63. The second kappa shape index (κ2) is 7.33. The van der Waals surface area contributed by atoms with Crippen LogP contribution in [0.2, 0.25) is 0 Å². The molecule has 1 unspecified atom stereocenters. The van der Waals surface area contributed by atoms with Crippen LogP contribution in [-0.4, -0.2) is 40.8 Å². The Hall–Kier alpha value is -2.77. The highest BCUT2D eigenvalue weighted by atomic mass is 16.6. The third-order valence-corrected chi connectivity index (χ3v) is 4.98. The zero-order chi connectivity index (χ0) is 19.7. The van der Waals surface area contributed by atoms with Crippen molar-refractivity contribution in [2.24, 2.45) is 0 Å². The van der Waals surface area contributed by atoms with Crippen molar-refractivity contribution in [2.45, 2.75) is 51.6 Å². The van der Waals surface area contributed by atoms with E-state index in [4.69, 9.17) is 14.0 Å². The van der Waals surface area contributed by atoms with E-state index in [0.29, 0.717) is 31.5 Å². The summed E-state index contributed by atoms with van der Waals surface area (Å²) >= 11 is 0. The predicted molar refractivity (Wildman–Crippen MR) is 101 cm³/mol. The van der Waals surface area contributed by atoms with Crippen LogP contribution in [0.4, 0.5) is 4.79 Å². The Labute approximate surface area is 164 Å². The molecule has 2 aliphatic heterocycles. The second-order valence-corrected chi connectivity index (χ2v) is 8.15. The zero-order valence-corrected chi connectivity index (χ0v) is 16.5. The Bertz CT molecular complexity index is 858. The smallest absolute Gasteiger partial charge is 0.318 e. The number of nitrogens with one attached hydrogen (secondary N) is 1. The summed E-state index contributed by atoms with van der Waals surface area (Å²) in [5.74, 6) is 2.54. The van der Waals surface area contributed by atoms with E-state index in [1.54, 1.807) is 0 Å². The molecule has 8 heteroatoms. The molecule has 2 aromatic rings. The average molecular weight is 386 g/mol. The van der Waals surface area contributed by atoms with Crippen LogP contribution in [-0.2, 0) is 12.0 Å². The van der Waals surface area contributed by atoms with Crippen molar-refractivity contribution in [1.29, 1.82) is 0 Å². The number of carbonyl (C=O) groups is 1. The summed E-state index contributed by atoms with van der Waals surface area (Å²) in [5, 5.41) is 6.88. The van der Waals surface area contributed by atoms with Gasteiger partial charge in [-0.2, -0.15) is 4.98 Å². The summed E-state index contributed by atoms with van der Waals surface area (Å²) in [4.78, 5) is 19.0. The van der Waals surface area contributed by atoms with Gasteiger partial charge in [0.25, 0.3) is 0 Å². The van der Waals surface area contributed by atoms with Crippen molar-refractivity contribution in [3.8, 4) is 11.5 Å². The van der Waals surface area contributed by atoms with Crippen LogP contribution >= 0.6 is 0 Å². The quantitative estimate of drug-likeness (QED) is 0.871. The van der Waals surface area contributed by atoms with Gasteiger partial charge in [0.15, 0.2) is 17.3 Å². The standard InChI is InChI=1S/C20H26N4O4/c1-20(2,3)18-22-16(23-28-18)12-21-19(25)24-9-5-7-14(24)13-6-4-8-15-17(13)27-11-10-26-15/h4,6,8,14H,5,7,9-12H2,1-3H3,(H,21,25). The molecule has 0 bridgehead atoms. The molecule has 1 saturated heterocycles. The van der Waals surface area contributed by atoms with Gasteiger partial charge in [0.1, 0.15) is 13.2 Å². The minimum absolute atomic E-state index is 0.0351. The molecular formula is C20H26N4O4. The van der Waals surface area contributed by atoms with Gasteiger partial charge < -0.3 is 24.2 Å². The summed E-state index contributed by atoms with van der Waals surface area (Å²) in [5.41, 5.74) is 0.781. The highest BCUT2D eigenvalue weighted by molar-refractivity contribution is 5.75. The maximum Gasteiger partial charge on any atom is 0.318 e. The van der Waals surface area contributed by atoms with Gasteiger partial charge >= 0.3 is 6.03 Å². The molecule has 2 amide bonds. The average Bonchev–Trinajstić information content (AvgIpc) is 3.35. The van der Waals surface area contributed by atoms with Crippen LogP contribution in [0.15, 0.2) is 22.7 Å². The van der Waals surface area contributed by atoms with Gasteiger partial charge in [0.2, 0.25) is 5.89 Å². The molecule has 2 aliphatic rings. The number of nitrogens with zero attached hydrogens (tertiary/aromatic N) is 3. The molecule has 4 rings (SSSR count). The second-order valence-electron chi connectivity index (χ2n) is 8.15. The fraction of sp³-hybridized carbons (Fsp3) is 0.550. The fourth-order valence-electron chi connectivity index (χ4n) is 3.58. The van der Waals surface area contributed by atoms with Crippen LogP contribution in [0.1, 0.15) is 56.9 Å². The zero-order valence-electron chi connectivity index (χ0n) is 16.5. The molecule has 1 N–H and O–H groups in total. The SMILES string of the molecule is CC(C)(C)c1nc(CNC(=O)N2CCCC2c2cccc3c2OCCO3)no1. The Morgan fingerprint density at radius 2 is 2.11 bits per heavy atom. The Morgan fingerprint density at radius 1 is 1.29 bits per heavy atom. The molecule has 8 nitrogen and oxygen atoms in total. The lowest BCUT2D eigenvalue weighted by atomic mass is 9.97. The highest BCUT2D eigenvalue weighted by Gasteiger charge is 2.33. The minimum atomic E-state index is -0.218. The number of para-hydroxylation sites is 1.